The van der Waals surface area contributed by atoms with Crippen LogP contribution in [0.5, 0.6) is 0 Å². The molecule has 0 aliphatic rings. The van der Waals surface area contributed by atoms with E-state index in [9.17, 15) is 8.42 Å². The fourth-order valence-corrected chi connectivity index (χ4v) is 2.93. The first-order valence-corrected chi connectivity index (χ1v) is 7.86. The van der Waals surface area contributed by atoms with Gasteiger partial charge in [-0.25, -0.2) is 4.18 Å². The third-order valence-corrected chi connectivity index (χ3v) is 4.48. The van der Waals surface area contributed by atoms with Crippen molar-refractivity contribution in [2.45, 2.75) is 17.9 Å². The molecule has 6 heteroatoms. The Bertz CT molecular complexity index is 779. The Kier molecular flexibility index (Phi) is 4.63. The Morgan fingerprint density at radius 1 is 1.14 bits per heavy atom. The molecule has 0 spiro atoms. The fourth-order valence-electron chi connectivity index (χ4n) is 1.72. The van der Waals surface area contributed by atoms with E-state index in [0.29, 0.717) is 5.56 Å². The molecule has 0 radical (unpaired) electrons. The molecule has 0 heterocycles. The van der Waals surface area contributed by atoms with Gasteiger partial charge in [-0.1, -0.05) is 47.5 Å². The first-order valence-electron chi connectivity index (χ1n) is 6.08. The minimum absolute atomic E-state index is 0.000374. The molecule has 0 fully saturated rings. The summed E-state index contributed by atoms with van der Waals surface area (Å²) in [5.74, 6) is 0. The minimum Gasteiger partial charge on any atom is -0.243 e. The number of rotatable bonds is 4. The van der Waals surface area contributed by atoms with Crippen LogP contribution in [0.25, 0.3) is 0 Å². The average molecular weight is 322 g/mol. The molecule has 1 unspecified atom stereocenters. The smallest absolute Gasteiger partial charge is 0.243 e. The van der Waals surface area contributed by atoms with Gasteiger partial charge in [0.15, 0.2) is 6.10 Å². The highest BCUT2D eigenvalue weighted by Gasteiger charge is 2.24. The molecular formula is C15H12ClNO3S. The summed E-state index contributed by atoms with van der Waals surface area (Å²) >= 11 is 5.97. The number of halogens is 1. The molecule has 0 aliphatic heterocycles. The molecule has 108 valence electrons. The van der Waals surface area contributed by atoms with Gasteiger partial charge in [-0.2, -0.15) is 13.7 Å². The van der Waals surface area contributed by atoms with Gasteiger partial charge in [-0.05, 0) is 25.1 Å². The second kappa shape index (κ2) is 6.27. The molecule has 0 saturated carbocycles. The molecule has 2 rings (SSSR count). The van der Waals surface area contributed by atoms with E-state index in [1.807, 2.05) is 13.0 Å². The third kappa shape index (κ3) is 3.61. The summed E-state index contributed by atoms with van der Waals surface area (Å²) in [6, 6.07) is 14.5. The maximum absolute atomic E-state index is 12.2. The molecule has 0 saturated heterocycles. The van der Waals surface area contributed by atoms with Gasteiger partial charge in [0.2, 0.25) is 0 Å². The van der Waals surface area contributed by atoms with Crippen molar-refractivity contribution >= 4 is 21.7 Å². The molecule has 0 N–H and O–H groups in total. The zero-order chi connectivity index (χ0) is 15.5. The van der Waals surface area contributed by atoms with Crippen molar-refractivity contribution in [1.29, 1.82) is 5.26 Å². The SMILES string of the molecule is Cc1ccc(S(=O)(=O)OC(C#N)c2ccccc2Cl)cc1. The van der Waals surface area contributed by atoms with Gasteiger partial charge in [0.25, 0.3) is 10.1 Å². The largest absolute Gasteiger partial charge is 0.298 e. The molecule has 0 bridgehead atoms. The summed E-state index contributed by atoms with van der Waals surface area (Å²) in [4.78, 5) is 0.000374. The van der Waals surface area contributed by atoms with Crippen molar-refractivity contribution in [2.75, 3.05) is 0 Å². The summed E-state index contributed by atoms with van der Waals surface area (Å²) in [6.07, 6.45) is -1.29. The summed E-state index contributed by atoms with van der Waals surface area (Å²) in [6.45, 7) is 1.85. The molecule has 1 atom stereocenters. The monoisotopic (exact) mass is 321 g/mol. The van der Waals surface area contributed by atoms with Gasteiger partial charge in [0.1, 0.15) is 6.07 Å². The number of aryl methyl sites for hydroxylation is 1. The van der Waals surface area contributed by atoms with Crippen LogP contribution in [-0.2, 0) is 14.3 Å². The van der Waals surface area contributed by atoms with Crippen LogP contribution in [0, 0.1) is 18.3 Å². The van der Waals surface area contributed by atoms with Gasteiger partial charge in [0.05, 0.1) is 4.90 Å². The van der Waals surface area contributed by atoms with Crippen LogP contribution in [0.2, 0.25) is 5.02 Å². The topological polar surface area (TPSA) is 67.2 Å². The Labute approximate surface area is 128 Å². The Balaban J connectivity index is 2.33. The highest BCUT2D eigenvalue weighted by atomic mass is 35.5. The Morgan fingerprint density at radius 3 is 2.33 bits per heavy atom. The van der Waals surface area contributed by atoms with Crippen molar-refractivity contribution in [3.8, 4) is 6.07 Å². The van der Waals surface area contributed by atoms with Crippen molar-refractivity contribution in [3.63, 3.8) is 0 Å². The maximum Gasteiger partial charge on any atom is 0.298 e. The first-order chi connectivity index (χ1) is 9.94. The van der Waals surface area contributed by atoms with Gasteiger partial charge in [-0.3, -0.25) is 0 Å². The van der Waals surface area contributed by atoms with E-state index in [-0.39, 0.29) is 9.92 Å². The van der Waals surface area contributed by atoms with Gasteiger partial charge in [0, 0.05) is 10.6 Å². The normalized spacial score (nSPS) is 12.6. The number of hydrogen-bond acceptors (Lipinski definition) is 4. The third-order valence-electron chi connectivity index (χ3n) is 2.84. The summed E-state index contributed by atoms with van der Waals surface area (Å²) < 4.78 is 29.4. The van der Waals surface area contributed by atoms with Gasteiger partial charge in [-0.15, -0.1) is 0 Å². The number of benzene rings is 2. The van der Waals surface area contributed by atoms with Crippen LogP contribution in [0.4, 0.5) is 0 Å². The number of nitrogens with zero attached hydrogens (tertiary/aromatic N) is 1. The molecule has 2 aromatic carbocycles. The lowest BCUT2D eigenvalue weighted by Gasteiger charge is -2.12. The second-order valence-corrected chi connectivity index (χ2v) is 6.37. The highest BCUT2D eigenvalue weighted by Crippen LogP contribution is 2.28. The van der Waals surface area contributed by atoms with Crippen LogP contribution < -0.4 is 0 Å². The van der Waals surface area contributed by atoms with E-state index in [1.54, 1.807) is 36.4 Å². The zero-order valence-electron chi connectivity index (χ0n) is 11.2. The molecule has 0 aliphatic carbocycles. The van der Waals surface area contributed by atoms with E-state index in [1.165, 1.54) is 12.1 Å². The minimum atomic E-state index is -4.03. The predicted octanol–water partition coefficient (Wildman–Crippen LogP) is 3.62. The molecule has 4 nitrogen and oxygen atoms in total. The molecule has 2 aromatic rings. The molecular weight excluding hydrogens is 310 g/mol. The van der Waals surface area contributed by atoms with Crippen molar-refractivity contribution in [2.24, 2.45) is 0 Å². The van der Waals surface area contributed by atoms with E-state index >= 15 is 0 Å². The number of nitriles is 1. The lowest BCUT2D eigenvalue weighted by molar-refractivity contribution is 0.268. The van der Waals surface area contributed by atoms with Crippen LogP contribution >= 0.6 is 11.6 Å². The van der Waals surface area contributed by atoms with Crippen molar-refractivity contribution in [3.05, 3.63) is 64.7 Å². The first kappa shape index (κ1) is 15.5. The number of hydrogen-bond donors (Lipinski definition) is 0. The summed E-state index contributed by atoms with van der Waals surface area (Å²) in [7, 11) is -4.03. The summed E-state index contributed by atoms with van der Waals surface area (Å²) in [5.41, 5.74) is 1.24. The fraction of sp³-hybridized carbons (Fsp3) is 0.133. The average Bonchev–Trinajstić information content (AvgIpc) is 2.46. The molecule has 0 aromatic heterocycles. The maximum atomic E-state index is 12.2. The van der Waals surface area contributed by atoms with E-state index < -0.39 is 16.2 Å². The Hall–Kier alpha value is -1.87. The standard InChI is InChI=1S/C15H12ClNO3S/c1-11-6-8-12(9-7-11)21(18,19)20-15(10-17)13-4-2-3-5-14(13)16/h2-9,15H,1H3. The van der Waals surface area contributed by atoms with Crippen LogP contribution in [-0.4, -0.2) is 8.42 Å². The zero-order valence-corrected chi connectivity index (χ0v) is 12.7. The van der Waals surface area contributed by atoms with Crippen molar-refractivity contribution < 1.29 is 12.6 Å². The lowest BCUT2D eigenvalue weighted by atomic mass is 10.1. The van der Waals surface area contributed by atoms with Gasteiger partial charge >= 0.3 is 0 Å². The predicted molar refractivity (Wildman–Crippen MR) is 79.3 cm³/mol. The highest BCUT2D eigenvalue weighted by molar-refractivity contribution is 7.86. The second-order valence-electron chi connectivity index (χ2n) is 4.39. The van der Waals surface area contributed by atoms with E-state index in [2.05, 4.69) is 0 Å². The van der Waals surface area contributed by atoms with Crippen LogP contribution in [0.3, 0.4) is 0 Å². The van der Waals surface area contributed by atoms with Crippen LogP contribution in [0.15, 0.2) is 53.4 Å². The van der Waals surface area contributed by atoms with E-state index in [4.69, 9.17) is 21.0 Å². The van der Waals surface area contributed by atoms with Gasteiger partial charge < -0.3 is 0 Å². The van der Waals surface area contributed by atoms with Crippen LogP contribution in [0.1, 0.15) is 17.2 Å². The van der Waals surface area contributed by atoms with E-state index in [0.717, 1.165) is 5.56 Å². The van der Waals surface area contributed by atoms with Crippen molar-refractivity contribution in [1.82, 2.24) is 0 Å². The lowest BCUT2D eigenvalue weighted by Crippen LogP contribution is -2.11. The summed E-state index contributed by atoms with van der Waals surface area (Å²) in [5, 5.41) is 9.44. The quantitative estimate of drug-likeness (QED) is 0.807. The Morgan fingerprint density at radius 2 is 1.76 bits per heavy atom. The molecule has 21 heavy (non-hydrogen) atoms. The molecule has 0 amide bonds.